The van der Waals surface area contributed by atoms with Crippen molar-refractivity contribution in [1.29, 1.82) is 0 Å². The minimum Gasteiger partial charge on any atom is -0.478 e. The van der Waals surface area contributed by atoms with E-state index in [1.807, 2.05) is 0 Å². The molecular weight excluding hydrogens is 210 g/mol. The molecule has 0 spiro atoms. The Hall–Kier alpha value is -1.62. The Morgan fingerprint density at radius 1 is 1.57 bits per heavy atom. The van der Waals surface area contributed by atoms with E-state index in [0.29, 0.717) is 0 Å². The van der Waals surface area contributed by atoms with Crippen LogP contribution in [-0.2, 0) is 6.54 Å². The van der Waals surface area contributed by atoms with E-state index in [2.05, 4.69) is 0 Å². The molecule has 0 aliphatic heterocycles. The van der Waals surface area contributed by atoms with Gasteiger partial charge in [-0.05, 0) is 6.07 Å². The maximum absolute atomic E-state index is 10.7. The lowest BCUT2D eigenvalue weighted by atomic mass is 10.1. The van der Waals surface area contributed by atoms with E-state index < -0.39 is 17.4 Å². The first-order valence-corrected chi connectivity index (χ1v) is 4.02. The van der Waals surface area contributed by atoms with Crippen LogP contribution in [0, 0.1) is 10.1 Å². The van der Waals surface area contributed by atoms with Crippen LogP contribution in [0.3, 0.4) is 0 Å². The molecule has 74 valence electrons. The maximum atomic E-state index is 10.7. The van der Waals surface area contributed by atoms with Gasteiger partial charge in [-0.2, -0.15) is 0 Å². The van der Waals surface area contributed by atoms with Crippen molar-refractivity contribution < 1.29 is 14.8 Å². The number of hydrogen-bond acceptors (Lipinski definition) is 3. The van der Waals surface area contributed by atoms with Gasteiger partial charge < -0.3 is 5.11 Å². The molecule has 1 rings (SSSR count). The standard InChI is InChI=1S/C8H6ClNO4/c9-6-3-1-2-5(4-10(13)14)7(6)8(11)12/h1-3H,4H2,(H,11,12). The van der Waals surface area contributed by atoms with Crippen LogP contribution in [0.4, 0.5) is 0 Å². The van der Waals surface area contributed by atoms with E-state index in [1.54, 1.807) is 0 Å². The molecule has 6 heteroatoms. The summed E-state index contributed by atoms with van der Waals surface area (Å²) in [4.78, 5) is 20.3. The smallest absolute Gasteiger partial charge is 0.337 e. The van der Waals surface area contributed by atoms with Crippen LogP contribution in [-0.4, -0.2) is 16.0 Å². The molecule has 0 aliphatic carbocycles. The van der Waals surface area contributed by atoms with Crippen LogP contribution in [0.5, 0.6) is 0 Å². The van der Waals surface area contributed by atoms with Crippen LogP contribution in [0.25, 0.3) is 0 Å². The molecule has 0 radical (unpaired) electrons. The number of carboxylic acid groups (broad SMARTS) is 1. The van der Waals surface area contributed by atoms with Crippen molar-refractivity contribution in [3.63, 3.8) is 0 Å². The van der Waals surface area contributed by atoms with Crippen molar-refractivity contribution in [2.45, 2.75) is 6.54 Å². The van der Waals surface area contributed by atoms with Crippen molar-refractivity contribution in [3.8, 4) is 0 Å². The molecule has 0 heterocycles. The number of aromatic carboxylic acids is 1. The van der Waals surface area contributed by atoms with Crippen LogP contribution in [0.15, 0.2) is 18.2 Å². The maximum Gasteiger partial charge on any atom is 0.337 e. The second-order valence-corrected chi connectivity index (χ2v) is 2.98. The lowest BCUT2D eigenvalue weighted by Gasteiger charge is -2.02. The molecule has 1 N–H and O–H groups in total. The molecule has 0 atom stereocenters. The number of rotatable bonds is 3. The number of hydrogen-bond donors (Lipinski definition) is 1. The summed E-state index contributed by atoms with van der Waals surface area (Å²) in [5, 5.41) is 19.0. The van der Waals surface area contributed by atoms with Gasteiger partial charge in [-0.25, -0.2) is 4.79 Å². The number of carboxylic acids is 1. The summed E-state index contributed by atoms with van der Waals surface area (Å²) in [5.74, 6) is -1.26. The van der Waals surface area contributed by atoms with E-state index in [4.69, 9.17) is 16.7 Å². The average Bonchev–Trinajstić information content (AvgIpc) is 2.01. The monoisotopic (exact) mass is 215 g/mol. The van der Waals surface area contributed by atoms with Gasteiger partial charge in [0.2, 0.25) is 6.54 Å². The highest BCUT2D eigenvalue weighted by molar-refractivity contribution is 6.33. The molecule has 5 nitrogen and oxygen atoms in total. The van der Waals surface area contributed by atoms with Gasteiger partial charge in [0.25, 0.3) is 0 Å². The lowest BCUT2D eigenvalue weighted by molar-refractivity contribution is -0.496. The molecule has 0 fully saturated rings. The molecule has 0 amide bonds. The molecule has 0 aromatic heterocycles. The van der Waals surface area contributed by atoms with Gasteiger partial charge in [-0.1, -0.05) is 23.7 Å². The van der Waals surface area contributed by atoms with E-state index in [0.717, 1.165) is 0 Å². The summed E-state index contributed by atoms with van der Waals surface area (Å²) in [6, 6.07) is 4.24. The Bertz CT molecular complexity index is 391. The molecule has 0 saturated heterocycles. The molecule has 0 bridgehead atoms. The molecule has 0 unspecified atom stereocenters. The van der Waals surface area contributed by atoms with Crippen molar-refractivity contribution >= 4 is 17.6 Å². The third-order valence-electron chi connectivity index (χ3n) is 1.61. The van der Waals surface area contributed by atoms with E-state index in [-0.39, 0.29) is 16.1 Å². The van der Waals surface area contributed by atoms with Crippen molar-refractivity contribution in [2.24, 2.45) is 0 Å². The van der Waals surface area contributed by atoms with E-state index in [1.165, 1.54) is 18.2 Å². The van der Waals surface area contributed by atoms with Crippen LogP contribution < -0.4 is 0 Å². The second kappa shape index (κ2) is 4.06. The number of benzene rings is 1. The highest BCUT2D eigenvalue weighted by Crippen LogP contribution is 2.20. The molecule has 1 aromatic carbocycles. The lowest BCUT2D eigenvalue weighted by Crippen LogP contribution is -2.07. The number of halogens is 1. The van der Waals surface area contributed by atoms with Crippen molar-refractivity contribution in [1.82, 2.24) is 0 Å². The first kappa shape index (κ1) is 10.5. The van der Waals surface area contributed by atoms with Gasteiger partial charge in [-0.3, -0.25) is 10.1 Å². The van der Waals surface area contributed by atoms with Crippen LogP contribution in [0.1, 0.15) is 15.9 Å². The summed E-state index contributed by atoms with van der Waals surface area (Å²) in [6.07, 6.45) is 0. The minimum absolute atomic E-state index is 0.0110. The topological polar surface area (TPSA) is 80.4 Å². The van der Waals surface area contributed by atoms with Gasteiger partial charge >= 0.3 is 5.97 Å². The Labute approximate surface area is 84.1 Å². The third kappa shape index (κ3) is 2.20. The second-order valence-electron chi connectivity index (χ2n) is 2.57. The normalized spacial score (nSPS) is 9.79. The van der Waals surface area contributed by atoms with Gasteiger partial charge in [-0.15, -0.1) is 0 Å². The Balaban J connectivity index is 3.21. The zero-order chi connectivity index (χ0) is 10.7. The summed E-state index contributed by atoms with van der Waals surface area (Å²) < 4.78 is 0. The van der Waals surface area contributed by atoms with Crippen LogP contribution >= 0.6 is 11.6 Å². The Morgan fingerprint density at radius 3 is 2.71 bits per heavy atom. The summed E-state index contributed by atoms with van der Waals surface area (Å²) >= 11 is 5.60. The first-order valence-electron chi connectivity index (χ1n) is 3.65. The first-order chi connectivity index (χ1) is 6.52. The minimum atomic E-state index is -1.26. The summed E-state index contributed by atoms with van der Waals surface area (Å²) in [5.41, 5.74) is -0.0964. The number of nitro groups is 1. The highest BCUT2D eigenvalue weighted by atomic mass is 35.5. The zero-order valence-corrected chi connectivity index (χ0v) is 7.69. The Morgan fingerprint density at radius 2 is 2.21 bits per heavy atom. The van der Waals surface area contributed by atoms with Gasteiger partial charge in [0.15, 0.2) is 0 Å². The van der Waals surface area contributed by atoms with E-state index in [9.17, 15) is 14.9 Å². The van der Waals surface area contributed by atoms with Crippen molar-refractivity contribution in [3.05, 3.63) is 44.5 Å². The summed E-state index contributed by atoms with van der Waals surface area (Å²) in [7, 11) is 0. The fraction of sp³-hybridized carbons (Fsp3) is 0.125. The fourth-order valence-corrected chi connectivity index (χ4v) is 1.35. The fourth-order valence-electron chi connectivity index (χ4n) is 1.08. The molecular formula is C8H6ClNO4. The largest absolute Gasteiger partial charge is 0.478 e. The SMILES string of the molecule is O=C(O)c1c(Cl)cccc1C[N+](=O)[O-]. The van der Waals surface area contributed by atoms with E-state index >= 15 is 0 Å². The van der Waals surface area contributed by atoms with Crippen molar-refractivity contribution in [2.75, 3.05) is 0 Å². The third-order valence-corrected chi connectivity index (χ3v) is 1.93. The average molecular weight is 216 g/mol. The molecule has 1 aromatic rings. The quantitative estimate of drug-likeness (QED) is 0.616. The predicted molar refractivity (Wildman–Crippen MR) is 49.1 cm³/mol. The zero-order valence-electron chi connectivity index (χ0n) is 6.94. The van der Waals surface area contributed by atoms with Crippen LogP contribution in [0.2, 0.25) is 5.02 Å². The number of carbonyl (C=O) groups is 1. The summed E-state index contributed by atoms with van der Waals surface area (Å²) in [6.45, 7) is -0.539. The van der Waals surface area contributed by atoms with Gasteiger partial charge in [0, 0.05) is 10.5 Å². The van der Waals surface area contributed by atoms with Gasteiger partial charge in [0.1, 0.15) is 0 Å². The molecule has 0 aliphatic rings. The molecule has 14 heavy (non-hydrogen) atoms. The molecule has 0 saturated carbocycles. The van der Waals surface area contributed by atoms with Gasteiger partial charge in [0.05, 0.1) is 10.6 Å². The highest BCUT2D eigenvalue weighted by Gasteiger charge is 2.17. The predicted octanol–water partition coefficient (Wildman–Crippen LogP) is 1.81. The Kier molecular flexibility index (Phi) is 3.03. The number of nitrogens with zero attached hydrogens (tertiary/aromatic N) is 1.